The van der Waals surface area contributed by atoms with Crippen molar-refractivity contribution in [2.24, 2.45) is 5.92 Å². The van der Waals surface area contributed by atoms with Crippen LogP contribution in [0.3, 0.4) is 0 Å². The molecule has 2 aromatic rings. The number of hydrogen-bond donors (Lipinski definition) is 1. The zero-order valence-corrected chi connectivity index (χ0v) is 15.9. The van der Waals surface area contributed by atoms with Gasteiger partial charge < -0.3 is 14.6 Å². The van der Waals surface area contributed by atoms with Gasteiger partial charge in [0.15, 0.2) is 0 Å². The van der Waals surface area contributed by atoms with Gasteiger partial charge in [-0.25, -0.2) is 0 Å². The van der Waals surface area contributed by atoms with Gasteiger partial charge in [0.2, 0.25) is 5.91 Å². The normalized spacial score (nSPS) is 19.1. The van der Waals surface area contributed by atoms with Crippen molar-refractivity contribution in [1.29, 1.82) is 0 Å². The van der Waals surface area contributed by atoms with E-state index in [1.807, 2.05) is 31.0 Å². The molecule has 2 fully saturated rings. The molecule has 0 radical (unpaired) electrons. The minimum atomic E-state index is -0.726. The number of amides is 2. The first-order chi connectivity index (χ1) is 13.0. The third-order valence-corrected chi connectivity index (χ3v) is 5.76. The van der Waals surface area contributed by atoms with Crippen LogP contribution in [-0.2, 0) is 10.3 Å². The second-order valence-electron chi connectivity index (χ2n) is 7.75. The highest BCUT2D eigenvalue weighted by Crippen LogP contribution is 2.32. The Hall–Kier alpha value is -2.57. The van der Waals surface area contributed by atoms with Crippen LogP contribution in [0.15, 0.2) is 28.9 Å². The first-order valence-electron chi connectivity index (χ1n) is 9.64. The number of piperidine rings is 1. The standard InChI is InChI=1S/C20H26N4O3/c1-14-12-17(15(2)27-14)18(25)23-10-6-20(7-11-23,24-9-3-8-22-24)19(26)21-13-16-4-5-16/h3,8-9,12,16H,4-7,10-11,13H2,1-2H3,(H,21,26). The SMILES string of the molecule is Cc1cc(C(=O)N2CCC(C(=O)NCC3CC3)(n3cccn3)CC2)c(C)o1. The van der Waals surface area contributed by atoms with Gasteiger partial charge in [0.05, 0.1) is 5.56 Å². The summed E-state index contributed by atoms with van der Waals surface area (Å²) in [6.45, 7) is 5.41. The monoisotopic (exact) mass is 370 g/mol. The van der Waals surface area contributed by atoms with Crippen LogP contribution in [-0.4, -0.2) is 46.1 Å². The van der Waals surface area contributed by atoms with Crippen LogP contribution >= 0.6 is 0 Å². The molecular weight excluding hydrogens is 344 g/mol. The maximum atomic E-state index is 13.1. The van der Waals surface area contributed by atoms with E-state index in [1.165, 1.54) is 12.8 Å². The molecule has 1 saturated heterocycles. The lowest BCUT2D eigenvalue weighted by atomic mass is 9.86. The lowest BCUT2D eigenvalue weighted by Crippen LogP contribution is -2.56. The fourth-order valence-electron chi connectivity index (χ4n) is 3.90. The molecule has 27 heavy (non-hydrogen) atoms. The van der Waals surface area contributed by atoms with Crippen molar-refractivity contribution in [3.63, 3.8) is 0 Å². The summed E-state index contributed by atoms with van der Waals surface area (Å²) >= 11 is 0. The average molecular weight is 370 g/mol. The van der Waals surface area contributed by atoms with Gasteiger partial charge in [-0.2, -0.15) is 5.10 Å². The summed E-state index contributed by atoms with van der Waals surface area (Å²) in [5.41, 5.74) is -0.117. The number of hydrogen-bond acceptors (Lipinski definition) is 4. The molecule has 144 valence electrons. The Morgan fingerprint density at radius 1 is 1.30 bits per heavy atom. The van der Waals surface area contributed by atoms with Gasteiger partial charge in [-0.15, -0.1) is 0 Å². The number of aryl methyl sites for hydroxylation is 2. The van der Waals surface area contributed by atoms with E-state index in [4.69, 9.17) is 4.42 Å². The molecule has 0 unspecified atom stereocenters. The van der Waals surface area contributed by atoms with E-state index < -0.39 is 5.54 Å². The molecule has 2 aliphatic rings. The predicted octanol–water partition coefficient (Wildman–Crippen LogP) is 2.25. The molecule has 7 heteroatoms. The molecule has 0 bridgehead atoms. The summed E-state index contributed by atoms with van der Waals surface area (Å²) in [5, 5.41) is 7.47. The molecule has 4 rings (SSSR count). The quantitative estimate of drug-likeness (QED) is 0.875. The lowest BCUT2D eigenvalue weighted by molar-refractivity contribution is -0.133. The van der Waals surface area contributed by atoms with Crippen molar-refractivity contribution < 1.29 is 14.0 Å². The van der Waals surface area contributed by atoms with Crippen molar-refractivity contribution in [2.75, 3.05) is 19.6 Å². The van der Waals surface area contributed by atoms with Gasteiger partial charge in [-0.1, -0.05) is 0 Å². The topological polar surface area (TPSA) is 80.4 Å². The number of furan rings is 1. The van der Waals surface area contributed by atoms with Crippen molar-refractivity contribution in [3.05, 3.63) is 41.6 Å². The van der Waals surface area contributed by atoms with Gasteiger partial charge >= 0.3 is 0 Å². The molecule has 1 saturated carbocycles. The van der Waals surface area contributed by atoms with E-state index in [0.717, 1.165) is 12.3 Å². The molecule has 0 atom stereocenters. The number of likely N-dealkylation sites (tertiary alicyclic amines) is 1. The number of aromatic nitrogens is 2. The highest BCUT2D eigenvalue weighted by Gasteiger charge is 2.45. The van der Waals surface area contributed by atoms with Gasteiger partial charge in [-0.05, 0) is 57.6 Å². The summed E-state index contributed by atoms with van der Waals surface area (Å²) in [7, 11) is 0. The first-order valence-corrected chi connectivity index (χ1v) is 9.64. The maximum absolute atomic E-state index is 13.1. The summed E-state index contributed by atoms with van der Waals surface area (Å²) in [4.78, 5) is 27.7. The fourth-order valence-corrected chi connectivity index (χ4v) is 3.90. The van der Waals surface area contributed by atoms with Gasteiger partial charge in [0.25, 0.3) is 5.91 Å². The van der Waals surface area contributed by atoms with Gasteiger partial charge in [0, 0.05) is 32.0 Å². The van der Waals surface area contributed by atoms with E-state index in [-0.39, 0.29) is 11.8 Å². The maximum Gasteiger partial charge on any atom is 0.257 e. The molecule has 1 N–H and O–H groups in total. The van der Waals surface area contributed by atoms with E-state index in [2.05, 4.69) is 10.4 Å². The van der Waals surface area contributed by atoms with Crippen molar-refractivity contribution in [3.8, 4) is 0 Å². The van der Waals surface area contributed by atoms with Crippen molar-refractivity contribution >= 4 is 11.8 Å². The third-order valence-electron chi connectivity index (χ3n) is 5.76. The Bertz CT molecular complexity index is 828. The molecule has 1 aliphatic heterocycles. The summed E-state index contributed by atoms with van der Waals surface area (Å²) < 4.78 is 7.27. The number of nitrogens with one attached hydrogen (secondary N) is 1. The first kappa shape index (κ1) is 17.8. The predicted molar refractivity (Wildman–Crippen MR) is 99.3 cm³/mol. The largest absolute Gasteiger partial charge is 0.466 e. The number of nitrogens with zero attached hydrogens (tertiary/aromatic N) is 3. The molecule has 2 amide bonds. The van der Waals surface area contributed by atoms with Crippen LogP contribution in [0, 0.1) is 19.8 Å². The Morgan fingerprint density at radius 2 is 2.04 bits per heavy atom. The molecule has 2 aromatic heterocycles. The van der Waals surface area contributed by atoms with Crippen molar-refractivity contribution in [2.45, 2.75) is 45.1 Å². The number of carbonyl (C=O) groups is 2. The Kier molecular flexibility index (Phi) is 4.53. The number of carbonyl (C=O) groups excluding carboxylic acids is 2. The van der Waals surface area contributed by atoms with Crippen LogP contribution in [0.2, 0.25) is 0 Å². The summed E-state index contributed by atoms with van der Waals surface area (Å²) in [5.74, 6) is 1.98. The Balaban J connectivity index is 1.49. The second kappa shape index (κ2) is 6.87. The van der Waals surface area contributed by atoms with Crippen molar-refractivity contribution in [1.82, 2.24) is 20.0 Å². The second-order valence-corrected chi connectivity index (χ2v) is 7.75. The molecular formula is C20H26N4O3. The summed E-state index contributed by atoms with van der Waals surface area (Å²) in [6, 6.07) is 3.63. The smallest absolute Gasteiger partial charge is 0.257 e. The molecule has 3 heterocycles. The molecule has 0 spiro atoms. The zero-order chi connectivity index (χ0) is 19.0. The van der Waals surface area contributed by atoms with Crippen LogP contribution in [0.1, 0.15) is 47.6 Å². The molecule has 7 nitrogen and oxygen atoms in total. The van der Waals surface area contributed by atoms with E-state index in [9.17, 15) is 9.59 Å². The van der Waals surface area contributed by atoms with Gasteiger partial charge in [-0.3, -0.25) is 14.3 Å². The molecule has 1 aliphatic carbocycles. The molecule has 0 aromatic carbocycles. The minimum absolute atomic E-state index is 0.0144. The highest BCUT2D eigenvalue weighted by atomic mass is 16.3. The van der Waals surface area contributed by atoms with E-state index >= 15 is 0 Å². The number of rotatable bonds is 5. The minimum Gasteiger partial charge on any atom is -0.466 e. The van der Waals surface area contributed by atoms with Crippen LogP contribution in [0.5, 0.6) is 0 Å². The lowest BCUT2D eigenvalue weighted by Gasteiger charge is -2.40. The van der Waals surface area contributed by atoms with Crippen LogP contribution in [0.25, 0.3) is 0 Å². The van der Waals surface area contributed by atoms with E-state index in [1.54, 1.807) is 16.9 Å². The van der Waals surface area contributed by atoms with E-state index in [0.29, 0.717) is 43.2 Å². The van der Waals surface area contributed by atoms with Gasteiger partial charge in [0.1, 0.15) is 17.1 Å². The average Bonchev–Trinajstić information content (AvgIpc) is 3.19. The fraction of sp³-hybridized carbons (Fsp3) is 0.550. The zero-order valence-electron chi connectivity index (χ0n) is 15.9. The summed E-state index contributed by atoms with van der Waals surface area (Å²) in [6.07, 6.45) is 7.03. The Morgan fingerprint density at radius 3 is 2.59 bits per heavy atom. The highest BCUT2D eigenvalue weighted by molar-refractivity contribution is 5.95. The third kappa shape index (κ3) is 3.38. The van der Waals surface area contributed by atoms with Crippen LogP contribution in [0.4, 0.5) is 0 Å². The Labute approximate surface area is 158 Å². The van der Waals surface area contributed by atoms with Crippen LogP contribution < -0.4 is 5.32 Å².